The molecule has 0 saturated heterocycles. The first-order chi connectivity index (χ1) is 8.29. The molecule has 2 rings (SSSR count). The molecule has 0 atom stereocenters. The van der Waals surface area contributed by atoms with E-state index in [0.717, 1.165) is 0 Å². The minimum absolute atomic E-state index is 0.397. The first kappa shape index (κ1) is 11.3. The fourth-order valence-corrected chi connectivity index (χ4v) is 1.50. The lowest BCUT2D eigenvalue weighted by Gasteiger charge is -2.08. The van der Waals surface area contributed by atoms with Crippen LogP contribution in [0.4, 0.5) is 5.69 Å². The number of rotatable bonds is 3. The third-order valence-corrected chi connectivity index (χ3v) is 2.43. The molecule has 1 N–H and O–H groups in total. The van der Waals surface area contributed by atoms with E-state index in [1.54, 1.807) is 18.2 Å². The maximum Gasteiger partial charge on any atom is 0.155 e. The van der Waals surface area contributed by atoms with E-state index >= 15 is 0 Å². The van der Waals surface area contributed by atoms with Gasteiger partial charge in [-0.3, -0.25) is 0 Å². The van der Waals surface area contributed by atoms with Crippen molar-refractivity contribution < 1.29 is 4.84 Å². The summed E-state index contributed by atoms with van der Waals surface area (Å²) in [5.74, 6) is 0.702. The van der Waals surface area contributed by atoms with Crippen molar-refractivity contribution in [3.63, 3.8) is 0 Å². The van der Waals surface area contributed by atoms with Crippen LogP contribution in [0.2, 0.25) is 5.02 Å². The van der Waals surface area contributed by atoms with Gasteiger partial charge < -0.3 is 4.84 Å². The minimum atomic E-state index is 0.397. The van der Waals surface area contributed by atoms with Crippen LogP contribution < -0.4 is 10.3 Å². The fraction of sp³-hybridized carbons (Fsp3) is 0. The summed E-state index contributed by atoms with van der Waals surface area (Å²) >= 11 is 5.89. The number of hydrogen-bond acceptors (Lipinski definition) is 3. The molecule has 2 aromatic carbocycles. The highest BCUT2D eigenvalue weighted by molar-refractivity contribution is 6.32. The van der Waals surface area contributed by atoms with Gasteiger partial charge in [0, 0.05) is 0 Å². The van der Waals surface area contributed by atoms with E-state index in [1.807, 2.05) is 36.4 Å². The molecule has 0 aliphatic carbocycles. The zero-order valence-corrected chi connectivity index (χ0v) is 9.61. The summed E-state index contributed by atoms with van der Waals surface area (Å²) in [5.41, 5.74) is 3.89. The van der Waals surface area contributed by atoms with Gasteiger partial charge in [-0.25, -0.2) is 5.48 Å². The second-order valence-corrected chi connectivity index (χ2v) is 3.73. The summed E-state index contributed by atoms with van der Waals surface area (Å²) in [4.78, 5) is 5.33. The van der Waals surface area contributed by atoms with Crippen molar-refractivity contribution in [3.05, 3.63) is 59.1 Å². The monoisotopic (exact) mass is 244 g/mol. The number of nitrogens with zero attached hydrogens (tertiary/aromatic N) is 1. The van der Waals surface area contributed by atoms with Gasteiger partial charge in [0.15, 0.2) is 5.75 Å². The van der Waals surface area contributed by atoms with Crippen molar-refractivity contribution in [2.75, 3.05) is 5.48 Å². The normalized spacial score (nSPS) is 9.41. The van der Waals surface area contributed by atoms with E-state index in [-0.39, 0.29) is 0 Å². The highest BCUT2D eigenvalue weighted by Gasteiger charge is 2.01. The Bertz CT molecular complexity index is 549. The summed E-state index contributed by atoms with van der Waals surface area (Å²) in [6, 6.07) is 16.3. The zero-order valence-electron chi connectivity index (χ0n) is 8.85. The predicted molar refractivity (Wildman–Crippen MR) is 66.9 cm³/mol. The van der Waals surface area contributed by atoms with Gasteiger partial charge >= 0.3 is 0 Å². The van der Waals surface area contributed by atoms with Crippen LogP contribution in [-0.2, 0) is 0 Å². The van der Waals surface area contributed by atoms with Gasteiger partial charge in [-0.1, -0.05) is 29.8 Å². The lowest BCUT2D eigenvalue weighted by atomic mass is 10.2. The number of anilines is 1. The van der Waals surface area contributed by atoms with Crippen molar-refractivity contribution in [2.45, 2.75) is 0 Å². The van der Waals surface area contributed by atoms with Crippen molar-refractivity contribution in [1.82, 2.24) is 0 Å². The lowest BCUT2D eigenvalue weighted by molar-refractivity contribution is 0.405. The molecule has 0 spiro atoms. The standard InChI is InChI=1S/C13H9ClN2O/c14-13-8-11(7-6-10(13)9-15)16-17-12-4-2-1-3-5-12/h1-8,16H. The van der Waals surface area contributed by atoms with E-state index in [1.165, 1.54) is 0 Å². The maximum absolute atomic E-state index is 8.73. The van der Waals surface area contributed by atoms with E-state index in [2.05, 4.69) is 5.48 Å². The lowest BCUT2D eigenvalue weighted by Crippen LogP contribution is -2.04. The van der Waals surface area contributed by atoms with Crippen LogP contribution >= 0.6 is 11.6 Å². The van der Waals surface area contributed by atoms with Crippen LogP contribution in [0.15, 0.2) is 48.5 Å². The van der Waals surface area contributed by atoms with Gasteiger partial charge in [0.25, 0.3) is 0 Å². The number of benzene rings is 2. The van der Waals surface area contributed by atoms with Gasteiger partial charge in [0.2, 0.25) is 0 Å². The third-order valence-electron chi connectivity index (χ3n) is 2.12. The van der Waals surface area contributed by atoms with Gasteiger partial charge in [-0.15, -0.1) is 0 Å². The van der Waals surface area contributed by atoms with Crippen LogP contribution in [0.3, 0.4) is 0 Å². The first-order valence-corrected chi connectivity index (χ1v) is 5.35. The smallest absolute Gasteiger partial charge is 0.155 e. The fourth-order valence-electron chi connectivity index (χ4n) is 1.28. The summed E-state index contributed by atoms with van der Waals surface area (Å²) < 4.78 is 0. The van der Waals surface area contributed by atoms with Gasteiger partial charge in [0.05, 0.1) is 16.3 Å². The zero-order chi connectivity index (χ0) is 12.1. The Morgan fingerprint density at radius 1 is 1.12 bits per heavy atom. The van der Waals surface area contributed by atoms with Crippen molar-refractivity contribution >= 4 is 17.3 Å². The molecule has 17 heavy (non-hydrogen) atoms. The van der Waals surface area contributed by atoms with E-state index in [9.17, 15) is 0 Å². The van der Waals surface area contributed by atoms with Crippen LogP contribution in [0.1, 0.15) is 5.56 Å². The average molecular weight is 245 g/mol. The van der Waals surface area contributed by atoms with Crippen molar-refractivity contribution in [2.24, 2.45) is 0 Å². The van der Waals surface area contributed by atoms with E-state index in [0.29, 0.717) is 22.0 Å². The van der Waals surface area contributed by atoms with E-state index in [4.69, 9.17) is 21.7 Å². The molecule has 3 nitrogen and oxygen atoms in total. The second kappa shape index (κ2) is 5.24. The molecule has 0 unspecified atom stereocenters. The Labute approximate surface area is 104 Å². The van der Waals surface area contributed by atoms with Gasteiger partial charge in [0.1, 0.15) is 6.07 Å². The van der Waals surface area contributed by atoms with Crippen molar-refractivity contribution in [1.29, 1.82) is 5.26 Å². The average Bonchev–Trinajstić information content (AvgIpc) is 2.38. The molecule has 0 heterocycles. The SMILES string of the molecule is N#Cc1ccc(NOc2ccccc2)cc1Cl. The Balaban J connectivity index is 2.06. The molecule has 0 aliphatic heterocycles. The van der Waals surface area contributed by atoms with Gasteiger partial charge in [-0.05, 0) is 30.3 Å². The third kappa shape index (κ3) is 2.90. The van der Waals surface area contributed by atoms with Crippen LogP contribution in [0.25, 0.3) is 0 Å². The van der Waals surface area contributed by atoms with Gasteiger partial charge in [-0.2, -0.15) is 5.26 Å². The Kier molecular flexibility index (Phi) is 3.49. The Morgan fingerprint density at radius 3 is 2.53 bits per heavy atom. The summed E-state index contributed by atoms with van der Waals surface area (Å²) in [5, 5.41) is 9.13. The maximum atomic E-state index is 8.73. The quantitative estimate of drug-likeness (QED) is 0.839. The summed E-state index contributed by atoms with van der Waals surface area (Å²) in [6.45, 7) is 0. The molecule has 0 fully saturated rings. The Hall–Kier alpha value is -2.18. The van der Waals surface area contributed by atoms with Crippen LogP contribution in [0, 0.1) is 11.3 Å². The molecule has 0 aliphatic rings. The number of halogens is 1. The Morgan fingerprint density at radius 2 is 1.88 bits per heavy atom. The molecule has 0 radical (unpaired) electrons. The summed E-state index contributed by atoms with van der Waals surface area (Å²) in [6.07, 6.45) is 0. The number of hydrogen-bond donors (Lipinski definition) is 1. The topological polar surface area (TPSA) is 45.0 Å². The largest absolute Gasteiger partial charge is 0.382 e. The molecule has 4 heteroatoms. The number of para-hydroxylation sites is 1. The molecular formula is C13H9ClN2O. The number of nitriles is 1. The first-order valence-electron chi connectivity index (χ1n) is 4.97. The van der Waals surface area contributed by atoms with Crippen LogP contribution in [-0.4, -0.2) is 0 Å². The minimum Gasteiger partial charge on any atom is -0.382 e. The second-order valence-electron chi connectivity index (χ2n) is 3.32. The van der Waals surface area contributed by atoms with Crippen LogP contribution in [0.5, 0.6) is 5.75 Å². The highest BCUT2D eigenvalue weighted by Crippen LogP contribution is 2.20. The molecule has 0 amide bonds. The molecule has 0 saturated carbocycles. The summed E-state index contributed by atoms with van der Waals surface area (Å²) in [7, 11) is 0. The highest BCUT2D eigenvalue weighted by atomic mass is 35.5. The molecule has 0 aromatic heterocycles. The molecule has 2 aromatic rings. The van der Waals surface area contributed by atoms with E-state index < -0.39 is 0 Å². The predicted octanol–water partition coefficient (Wildman–Crippen LogP) is 3.62. The molecule has 0 bridgehead atoms. The molecular weight excluding hydrogens is 236 g/mol. The molecule has 84 valence electrons. The number of nitrogens with one attached hydrogen (secondary N) is 1. The van der Waals surface area contributed by atoms with Crippen molar-refractivity contribution in [3.8, 4) is 11.8 Å².